The Labute approximate surface area is 209 Å². The maximum absolute atomic E-state index is 13.3. The Morgan fingerprint density at radius 3 is 2.23 bits per heavy atom. The number of hydrogen-bond donors (Lipinski definition) is 1. The minimum Gasteiger partial charge on any atom is -0.497 e. The van der Waals surface area contributed by atoms with Crippen LogP contribution < -0.4 is 10.1 Å². The molecule has 2 amide bonds. The predicted molar refractivity (Wildman–Crippen MR) is 138 cm³/mol. The van der Waals surface area contributed by atoms with E-state index in [1.807, 2.05) is 47.4 Å². The summed E-state index contributed by atoms with van der Waals surface area (Å²) in [4.78, 5) is 30.4. The number of amides is 2. The highest BCUT2D eigenvalue weighted by Gasteiger charge is 2.37. The molecular weight excluding hydrogens is 438 g/mol. The molecule has 0 bridgehead atoms. The van der Waals surface area contributed by atoms with Gasteiger partial charge in [0.15, 0.2) is 0 Å². The lowest BCUT2D eigenvalue weighted by molar-refractivity contribution is -0.135. The first-order chi connectivity index (χ1) is 17.1. The Hall–Kier alpha value is -2.86. The molecule has 4 rings (SSSR count). The number of hydrogen-bond acceptors (Lipinski definition) is 4. The van der Waals surface area contributed by atoms with Crippen molar-refractivity contribution in [1.29, 1.82) is 0 Å². The second-order valence-electron chi connectivity index (χ2n) is 9.78. The van der Waals surface area contributed by atoms with Crippen LogP contribution in [0.15, 0.2) is 54.6 Å². The number of piperazine rings is 1. The molecule has 0 radical (unpaired) electrons. The van der Waals surface area contributed by atoms with Crippen LogP contribution in [-0.2, 0) is 22.4 Å². The summed E-state index contributed by atoms with van der Waals surface area (Å²) in [6, 6.07) is 18.1. The zero-order valence-electron chi connectivity index (χ0n) is 21.0. The van der Waals surface area contributed by atoms with Gasteiger partial charge < -0.3 is 15.0 Å². The zero-order chi connectivity index (χ0) is 24.5. The van der Waals surface area contributed by atoms with Crippen LogP contribution >= 0.6 is 0 Å². The number of nitrogens with one attached hydrogen (secondary N) is 1. The van der Waals surface area contributed by atoms with E-state index in [-0.39, 0.29) is 17.9 Å². The molecule has 1 saturated heterocycles. The van der Waals surface area contributed by atoms with E-state index in [1.54, 1.807) is 7.11 Å². The van der Waals surface area contributed by atoms with E-state index in [0.29, 0.717) is 32.0 Å². The van der Waals surface area contributed by atoms with E-state index < -0.39 is 0 Å². The number of rotatable bonds is 10. The maximum atomic E-state index is 13.3. The molecule has 1 heterocycles. The molecule has 35 heavy (non-hydrogen) atoms. The molecular formula is C29H39N3O3. The van der Waals surface area contributed by atoms with Crippen LogP contribution in [0.4, 0.5) is 0 Å². The van der Waals surface area contributed by atoms with Crippen molar-refractivity contribution >= 4 is 11.8 Å². The summed E-state index contributed by atoms with van der Waals surface area (Å²) in [6.07, 6.45) is 6.77. The van der Waals surface area contributed by atoms with Crippen LogP contribution in [0.1, 0.15) is 43.2 Å². The summed E-state index contributed by atoms with van der Waals surface area (Å²) < 4.78 is 5.22. The van der Waals surface area contributed by atoms with Gasteiger partial charge >= 0.3 is 0 Å². The standard InChI is InChI=1S/C29H39N3O3/c1-35-26-14-11-24(12-15-26)17-18-30-29(34)28(25-9-5-6-10-25)32-21-19-31(20-22-32)27(33)16-13-23-7-3-2-4-8-23/h2-4,7-8,11-12,14-15,25,28H,5-6,9-10,13,16-22H2,1H3,(H,30,34). The van der Waals surface area contributed by atoms with Crippen molar-refractivity contribution in [2.75, 3.05) is 39.8 Å². The molecule has 1 unspecified atom stereocenters. The number of methoxy groups -OCH3 is 1. The molecule has 6 nitrogen and oxygen atoms in total. The third kappa shape index (κ3) is 7.07. The number of aryl methyl sites for hydroxylation is 1. The lowest BCUT2D eigenvalue weighted by Gasteiger charge is -2.40. The van der Waals surface area contributed by atoms with Gasteiger partial charge in [0, 0.05) is 39.1 Å². The molecule has 1 saturated carbocycles. The van der Waals surface area contributed by atoms with Crippen molar-refractivity contribution < 1.29 is 14.3 Å². The topological polar surface area (TPSA) is 61.9 Å². The second kappa shape index (κ2) is 12.7. The zero-order valence-corrected chi connectivity index (χ0v) is 21.0. The lowest BCUT2D eigenvalue weighted by atomic mass is 9.94. The summed E-state index contributed by atoms with van der Waals surface area (Å²) in [5.74, 6) is 1.62. The average Bonchev–Trinajstić information content (AvgIpc) is 3.43. The third-order valence-electron chi connectivity index (χ3n) is 7.52. The van der Waals surface area contributed by atoms with Crippen LogP contribution in [-0.4, -0.2) is 67.5 Å². The van der Waals surface area contributed by atoms with Crippen LogP contribution in [0.5, 0.6) is 5.75 Å². The van der Waals surface area contributed by atoms with Gasteiger partial charge in [-0.05, 0) is 54.9 Å². The Bertz CT molecular complexity index is 933. The van der Waals surface area contributed by atoms with Gasteiger partial charge in [0.1, 0.15) is 5.75 Å². The van der Waals surface area contributed by atoms with E-state index >= 15 is 0 Å². The first kappa shape index (κ1) is 25.2. The molecule has 1 aliphatic carbocycles. The molecule has 2 fully saturated rings. The fraction of sp³-hybridized carbons (Fsp3) is 0.517. The molecule has 1 N–H and O–H groups in total. The van der Waals surface area contributed by atoms with Crippen molar-refractivity contribution in [1.82, 2.24) is 15.1 Å². The van der Waals surface area contributed by atoms with Crippen molar-refractivity contribution in [3.63, 3.8) is 0 Å². The minimum absolute atomic E-state index is 0.0880. The summed E-state index contributed by atoms with van der Waals surface area (Å²) in [7, 11) is 1.67. The monoisotopic (exact) mass is 477 g/mol. The highest BCUT2D eigenvalue weighted by atomic mass is 16.5. The summed E-state index contributed by atoms with van der Waals surface area (Å²) in [5, 5.41) is 3.21. The van der Waals surface area contributed by atoms with Gasteiger partial charge in [-0.25, -0.2) is 0 Å². The van der Waals surface area contributed by atoms with Gasteiger partial charge in [0.05, 0.1) is 13.2 Å². The second-order valence-corrected chi connectivity index (χ2v) is 9.78. The van der Waals surface area contributed by atoms with Gasteiger partial charge in [0.2, 0.25) is 11.8 Å². The normalized spacial score (nSPS) is 17.8. The number of benzene rings is 2. The summed E-state index contributed by atoms with van der Waals surface area (Å²) in [5.41, 5.74) is 2.39. The third-order valence-corrected chi connectivity index (χ3v) is 7.52. The summed E-state index contributed by atoms with van der Waals surface area (Å²) in [6.45, 7) is 3.58. The fourth-order valence-corrected chi connectivity index (χ4v) is 5.48. The van der Waals surface area contributed by atoms with Crippen LogP contribution in [0.3, 0.4) is 0 Å². The molecule has 6 heteroatoms. The first-order valence-electron chi connectivity index (χ1n) is 13.1. The van der Waals surface area contributed by atoms with Gasteiger partial charge in [-0.1, -0.05) is 55.3 Å². The molecule has 0 aromatic heterocycles. The van der Waals surface area contributed by atoms with Crippen LogP contribution in [0, 0.1) is 5.92 Å². The lowest BCUT2D eigenvalue weighted by Crippen LogP contribution is -2.58. The first-order valence-corrected chi connectivity index (χ1v) is 13.1. The van der Waals surface area contributed by atoms with Crippen molar-refractivity contribution in [3.8, 4) is 5.75 Å². The molecule has 2 aromatic rings. The van der Waals surface area contributed by atoms with Crippen LogP contribution in [0.2, 0.25) is 0 Å². The SMILES string of the molecule is COc1ccc(CCNC(=O)C(C2CCCC2)N2CCN(C(=O)CCc3ccccc3)CC2)cc1. The molecule has 0 spiro atoms. The van der Waals surface area contributed by atoms with Crippen molar-refractivity contribution in [2.24, 2.45) is 5.92 Å². The quantitative estimate of drug-likeness (QED) is 0.567. The minimum atomic E-state index is -0.0880. The van der Waals surface area contributed by atoms with E-state index in [0.717, 1.165) is 44.5 Å². The van der Waals surface area contributed by atoms with Gasteiger partial charge in [0.25, 0.3) is 0 Å². The smallest absolute Gasteiger partial charge is 0.237 e. The molecule has 2 aliphatic rings. The highest BCUT2D eigenvalue weighted by Crippen LogP contribution is 2.31. The molecule has 188 valence electrons. The number of ether oxygens (including phenoxy) is 1. The predicted octanol–water partition coefficient (Wildman–Crippen LogP) is 3.69. The molecule has 2 aromatic carbocycles. The van der Waals surface area contributed by atoms with E-state index in [9.17, 15) is 9.59 Å². The van der Waals surface area contributed by atoms with E-state index in [2.05, 4.69) is 22.3 Å². The maximum Gasteiger partial charge on any atom is 0.237 e. The molecule has 1 aliphatic heterocycles. The van der Waals surface area contributed by atoms with Crippen molar-refractivity contribution in [2.45, 2.75) is 51.0 Å². The average molecular weight is 478 g/mol. The summed E-state index contributed by atoms with van der Waals surface area (Å²) >= 11 is 0. The molecule has 1 atom stereocenters. The number of nitrogens with zero attached hydrogens (tertiary/aromatic N) is 2. The fourth-order valence-electron chi connectivity index (χ4n) is 5.48. The van der Waals surface area contributed by atoms with E-state index in [4.69, 9.17) is 4.74 Å². The van der Waals surface area contributed by atoms with Gasteiger partial charge in [-0.3, -0.25) is 14.5 Å². The Morgan fingerprint density at radius 1 is 0.914 bits per heavy atom. The van der Waals surface area contributed by atoms with Crippen LogP contribution in [0.25, 0.3) is 0 Å². The highest BCUT2D eigenvalue weighted by molar-refractivity contribution is 5.82. The van der Waals surface area contributed by atoms with E-state index in [1.165, 1.54) is 24.0 Å². The number of carbonyl (C=O) groups excluding carboxylic acids is 2. The Morgan fingerprint density at radius 2 is 1.57 bits per heavy atom. The Balaban J connectivity index is 1.27. The Kier molecular flexibility index (Phi) is 9.18. The van der Waals surface area contributed by atoms with Gasteiger partial charge in [-0.2, -0.15) is 0 Å². The van der Waals surface area contributed by atoms with Crippen molar-refractivity contribution in [3.05, 3.63) is 65.7 Å². The largest absolute Gasteiger partial charge is 0.497 e. The number of carbonyl (C=O) groups is 2. The van der Waals surface area contributed by atoms with Gasteiger partial charge in [-0.15, -0.1) is 0 Å².